The van der Waals surface area contributed by atoms with E-state index in [1.807, 2.05) is 13.8 Å². The Hall–Kier alpha value is -2.62. The van der Waals surface area contributed by atoms with E-state index >= 15 is 0 Å². The van der Waals surface area contributed by atoms with Gasteiger partial charge in [-0.1, -0.05) is 48.3 Å². The van der Waals surface area contributed by atoms with Crippen molar-refractivity contribution in [3.8, 4) is 0 Å². The number of fused-ring (bicyclic) bond motifs is 1. The molecule has 1 aliphatic rings. The van der Waals surface area contributed by atoms with Crippen LogP contribution >= 0.6 is 23.2 Å². The van der Waals surface area contributed by atoms with E-state index in [9.17, 15) is 22.8 Å². The normalized spacial score (nSPS) is 15.8. The molecule has 0 spiro atoms. The number of halogens is 2. The number of hydrogen-bond acceptors (Lipinski definition) is 5. The minimum absolute atomic E-state index is 0.00117. The Kier molecular flexibility index (Phi) is 9.03. The van der Waals surface area contributed by atoms with Crippen LogP contribution in [0.1, 0.15) is 56.0 Å². The lowest BCUT2D eigenvalue weighted by Gasteiger charge is -2.30. The monoisotopic (exact) mass is 553 g/mol. The van der Waals surface area contributed by atoms with E-state index in [1.54, 1.807) is 37.3 Å². The Balaban J connectivity index is 1.76. The number of nitrogens with one attached hydrogen (secondary N) is 1. The maximum atomic E-state index is 13.3. The van der Waals surface area contributed by atoms with E-state index in [2.05, 4.69) is 5.32 Å². The van der Waals surface area contributed by atoms with Gasteiger partial charge in [-0.05, 0) is 51.0 Å². The molecule has 0 saturated heterocycles. The minimum Gasteiger partial charge on any atom is -0.352 e. The lowest BCUT2D eigenvalue weighted by molar-refractivity contribution is -0.141. The van der Waals surface area contributed by atoms with Crippen LogP contribution in [0.15, 0.2) is 47.4 Å². The van der Waals surface area contributed by atoms with Crippen molar-refractivity contribution in [2.45, 2.75) is 63.6 Å². The summed E-state index contributed by atoms with van der Waals surface area (Å²) in [5, 5.41) is 3.60. The summed E-state index contributed by atoms with van der Waals surface area (Å²) in [5.74, 6) is -1.33. The van der Waals surface area contributed by atoms with Crippen molar-refractivity contribution < 1.29 is 22.8 Å². The Morgan fingerprint density at radius 2 is 1.69 bits per heavy atom. The zero-order valence-electron chi connectivity index (χ0n) is 20.3. The summed E-state index contributed by atoms with van der Waals surface area (Å²) in [6.45, 7) is 5.27. The van der Waals surface area contributed by atoms with Crippen LogP contribution in [0.25, 0.3) is 0 Å². The number of carbonyl (C=O) groups is 3. The fourth-order valence-corrected chi connectivity index (χ4v) is 6.00. The molecular formula is C25H29Cl2N3O5S. The van der Waals surface area contributed by atoms with Gasteiger partial charge in [-0.3, -0.25) is 14.4 Å². The van der Waals surface area contributed by atoms with Gasteiger partial charge < -0.3 is 10.2 Å². The molecule has 3 rings (SSSR count). The Bertz CT molecular complexity index is 1250. The number of amides is 3. The first-order valence-corrected chi connectivity index (χ1v) is 13.9. The minimum atomic E-state index is -3.96. The molecule has 0 bridgehead atoms. The highest BCUT2D eigenvalue weighted by Crippen LogP contribution is 2.30. The van der Waals surface area contributed by atoms with E-state index in [4.69, 9.17) is 23.2 Å². The van der Waals surface area contributed by atoms with Gasteiger partial charge in [0.15, 0.2) is 0 Å². The van der Waals surface area contributed by atoms with Crippen molar-refractivity contribution in [1.82, 2.24) is 14.5 Å². The molecule has 36 heavy (non-hydrogen) atoms. The molecule has 2 aromatic carbocycles. The molecule has 11 heteroatoms. The van der Waals surface area contributed by atoms with Crippen LogP contribution in [-0.2, 0) is 26.2 Å². The molecule has 0 radical (unpaired) electrons. The van der Waals surface area contributed by atoms with Crippen LogP contribution in [0.2, 0.25) is 10.0 Å². The van der Waals surface area contributed by atoms with E-state index in [0.717, 1.165) is 10.7 Å². The van der Waals surface area contributed by atoms with Crippen LogP contribution in [0.3, 0.4) is 0 Å². The molecule has 0 saturated carbocycles. The number of benzene rings is 2. The third kappa shape index (κ3) is 5.85. The summed E-state index contributed by atoms with van der Waals surface area (Å²) >= 11 is 12.6. The maximum absolute atomic E-state index is 13.3. The van der Waals surface area contributed by atoms with Gasteiger partial charge in [-0.15, -0.1) is 0 Å². The first-order valence-electron chi connectivity index (χ1n) is 11.7. The van der Waals surface area contributed by atoms with Gasteiger partial charge in [0.2, 0.25) is 11.8 Å². The summed E-state index contributed by atoms with van der Waals surface area (Å²) in [6.07, 6.45) is 0.729. The van der Waals surface area contributed by atoms with Gasteiger partial charge in [0.1, 0.15) is 10.9 Å². The number of carbonyl (C=O) groups excluding carboxylic acids is 3. The van der Waals surface area contributed by atoms with Crippen molar-refractivity contribution in [2.24, 2.45) is 0 Å². The second-order valence-electron chi connectivity index (χ2n) is 8.70. The summed E-state index contributed by atoms with van der Waals surface area (Å²) in [4.78, 5) is 40.1. The van der Waals surface area contributed by atoms with Gasteiger partial charge >= 0.3 is 0 Å². The molecule has 1 heterocycles. The van der Waals surface area contributed by atoms with Crippen molar-refractivity contribution >= 4 is 50.9 Å². The molecule has 2 aromatic rings. The van der Waals surface area contributed by atoms with Crippen molar-refractivity contribution in [1.29, 1.82) is 0 Å². The lowest BCUT2D eigenvalue weighted by Crippen LogP contribution is -2.49. The smallest absolute Gasteiger partial charge is 0.269 e. The Labute approximate surface area is 221 Å². The molecule has 0 aromatic heterocycles. The first kappa shape index (κ1) is 28.0. The van der Waals surface area contributed by atoms with Gasteiger partial charge in [0.05, 0.1) is 5.56 Å². The number of sulfonamides is 1. The van der Waals surface area contributed by atoms with E-state index in [0.29, 0.717) is 15.6 Å². The number of rotatable bonds is 10. The second kappa shape index (κ2) is 11.6. The zero-order chi connectivity index (χ0) is 26.6. The number of hydrogen-bond donors (Lipinski definition) is 1. The van der Waals surface area contributed by atoms with Crippen molar-refractivity contribution in [2.75, 3.05) is 6.54 Å². The first-order chi connectivity index (χ1) is 17.0. The fraction of sp³-hybridized carbons (Fsp3) is 0.400. The third-order valence-corrected chi connectivity index (χ3v) is 8.77. The predicted octanol–water partition coefficient (Wildman–Crippen LogP) is 4.25. The Morgan fingerprint density at radius 3 is 2.31 bits per heavy atom. The summed E-state index contributed by atoms with van der Waals surface area (Å²) < 4.78 is 26.3. The highest BCUT2D eigenvalue weighted by atomic mass is 35.5. The van der Waals surface area contributed by atoms with Gasteiger partial charge in [-0.2, -0.15) is 0 Å². The van der Waals surface area contributed by atoms with Crippen LogP contribution in [0.4, 0.5) is 0 Å². The second-order valence-corrected chi connectivity index (χ2v) is 11.3. The van der Waals surface area contributed by atoms with Crippen LogP contribution < -0.4 is 5.32 Å². The highest BCUT2D eigenvalue weighted by Gasteiger charge is 2.40. The number of nitrogens with zero attached hydrogens (tertiary/aromatic N) is 2. The van der Waals surface area contributed by atoms with Crippen LogP contribution in [-0.4, -0.2) is 54.0 Å². The molecule has 0 aliphatic carbocycles. The summed E-state index contributed by atoms with van der Waals surface area (Å²) in [7, 11) is -3.96. The topological polar surface area (TPSA) is 104 Å². The summed E-state index contributed by atoms with van der Waals surface area (Å²) in [6, 6.07) is 10.1. The van der Waals surface area contributed by atoms with E-state index < -0.39 is 22.0 Å². The standard InChI is InChI=1S/C25H29Cl2N3O5S/c1-4-16(2)28-24(32)17(3)29(15-19-20(26)10-7-11-21(19)27)23(31)13-8-14-30-25(33)18-9-5-6-12-22(18)36(30,34)35/h5-7,9-12,16-17H,4,8,13-15H2,1-3H3,(H,28,32)/t16-,17+/m1/s1. The van der Waals surface area contributed by atoms with Gasteiger partial charge in [0, 0.05) is 41.2 Å². The average Bonchev–Trinajstić information content (AvgIpc) is 3.03. The molecule has 194 valence electrons. The van der Waals surface area contributed by atoms with Crippen LogP contribution in [0.5, 0.6) is 0 Å². The molecule has 1 N–H and O–H groups in total. The lowest BCUT2D eigenvalue weighted by atomic mass is 10.1. The van der Waals surface area contributed by atoms with Crippen LogP contribution in [0, 0.1) is 0 Å². The van der Waals surface area contributed by atoms with Gasteiger partial charge in [-0.25, -0.2) is 12.7 Å². The molecular weight excluding hydrogens is 525 g/mol. The molecule has 2 atom stereocenters. The largest absolute Gasteiger partial charge is 0.352 e. The molecule has 0 unspecified atom stereocenters. The highest BCUT2D eigenvalue weighted by molar-refractivity contribution is 7.90. The zero-order valence-corrected chi connectivity index (χ0v) is 22.7. The van der Waals surface area contributed by atoms with Crippen molar-refractivity contribution in [3.05, 3.63) is 63.6 Å². The molecule has 8 nitrogen and oxygen atoms in total. The Morgan fingerprint density at radius 1 is 1.06 bits per heavy atom. The van der Waals surface area contributed by atoms with Crippen molar-refractivity contribution in [3.63, 3.8) is 0 Å². The third-order valence-electron chi connectivity index (χ3n) is 6.22. The predicted molar refractivity (Wildman–Crippen MR) is 138 cm³/mol. The fourth-order valence-electron chi connectivity index (χ4n) is 3.87. The SMILES string of the molecule is CC[C@@H](C)NC(=O)[C@H](C)N(Cc1c(Cl)cccc1Cl)C(=O)CCCN1C(=O)c2ccccc2S1(=O)=O. The molecule has 0 fully saturated rings. The summed E-state index contributed by atoms with van der Waals surface area (Å²) in [5.41, 5.74) is 0.624. The molecule has 1 aliphatic heterocycles. The maximum Gasteiger partial charge on any atom is 0.269 e. The average molecular weight is 554 g/mol. The van der Waals surface area contributed by atoms with Gasteiger partial charge in [0.25, 0.3) is 15.9 Å². The van der Waals surface area contributed by atoms with E-state index in [-0.39, 0.29) is 54.2 Å². The molecule has 3 amide bonds. The van der Waals surface area contributed by atoms with E-state index in [1.165, 1.54) is 17.0 Å². The quantitative estimate of drug-likeness (QED) is 0.473.